The van der Waals surface area contributed by atoms with E-state index in [-0.39, 0.29) is 30.6 Å². The van der Waals surface area contributed by atoms with Crippen LogP contribution in [-0.4, -0.2) is 77.2 Å². The van der Waals surface area contributed by atoms with Gasteiger partial charge in [0.05, 0.1) is 12.5 Å². The largest absolute Gasteiger partial charge is 0.352 e. The van der Waals surface area contributed by atoms with E-state index in [1.807, 2.05) is 25.9 Å². The number of aryl methyl sites for hydroxylation is 1. The third-order valence-corrected chi connectivity index (χ3v) is 7.03. The second-order valence-electron chi connectivity index (χ2n) is 9.82. The number of nitrogens with one attached hydrogen (secondary N) is 2. The molecule has 190 valence electrons. The molecule has 3 N–H and O–H groups in total. The summed E-state index contributed by atoms with van der Waals surface area (Å²) in [5.41, 5.74) is 5.19. The smallest absolute Gasteiger partial charge is 0.243 e. The van der Waals surface area contributed by atoms with Gasteiger partial charge in [0.15, 0.2) is 11.6 Å². The Kier molecular flexibility index (Phi) is 9.01. The third-order valence-electron chi connectivity index (χ3n) is 7.03. The van der Waals surface area contributed by atoms with Crippen molar-refractivity contribution < 1.29 is 19.2 Å². The summed E-state index contributed by atoms with van der Waals surface area (Å²) < 4.78 is 15.5. The van der Waals surface area contributed by atoms with Crippen LogP contribution in [0.1, 0.15) is 51.8 Å². The standard InChI is InChI=1S/C23H38FN7O3/c1-5-19-25-21(20(24)22(26-19)30-11-15(2)18(13-30)29(3)4)27-28-23(33)17(12-31(34)14-32)10-16-8-6-7-9-16/h14-18,34H,5-13H2,1-4H3,(H,28,33)(H,25,26,27)/t15?,17-,18?/m1/s1. The summed E-state index contributed by atoms with van der Waals surface area (Å²) in [6, 6.07) is 0.283. The molecule has 2 amide bonds. The van der Waals surface area contributed by atoms with Gasteiger partial charge in [0, 0.05) is 25.6 Å². The van der Waals surface area contributed by atoms with Crippen LogP contribution in [0, 0.1) is 23.6 Å². The topological polar surface area (TPSA) is 114 Å². The SMILES string of the molecule is CCc1nc(NNC(=O)[C@H](CC2CCCC2)CN(O)C=O)c(F)c(N2CC(C)C(N(C)C)C2)n1. The van der Waals surface area contributed by atoms with Crippen LogP contribution in [0.15, 0.2) is 0 Å². The van der Waals surface area contributed by atoms with Crippen LogP contribution in [0.3, 0.4) is 0 Å². The molecule has 0 bridgehead atoms. The predicted molar refractivity (Wildman–Crippen MR) is 127 cm³/mol. The maximum absolute atomic E-state index is 15.5. The summed E-state index contributed by atoms with van der Waals surface area (Å²) in [6.07, 6.45) is 5.63. The average molecular weight is 480 g/mol. The summed E-state index contributed by atoms with van der Waals surface area (Å²) in [4.78, 5) is 36.6. The molecule has 1 aromatic heterocycles. The fourth-order valence-electron chi connectivity index (χ4n) is 5.13. The molecule has 10 nitrogen and oxygen atoms in total. The summed E-state index contributed by atoms with van der Waals surface area (Å²) in [6.45, 7) is 5.23. The average Bonchev–Trinajstić information content (AvgIpc) is 3.47. The zero-order valence-corrected chi connectivity index (χ0v) is 20.6. The first-order valence-electron chi connectivity index (χ1n) is 12.2. The van der Waals surface area contributed by atoms with Gasteiger partial charge in [0.2, 0.25) is 18.1 Å². The van der Waals surface area contributed by atoms with Gasteiger partial charge in [-0.25, -0.2) is 15.0 Å². The minimum Gasteiger partial charge on any atom is -0.352 e. The Hall–Kier alpha value is -2.53. The molecule has 0 spiro atoms. The number of hydrogen-bond acceptors (Lipinski definition) is 8. The molecule has 34 heavy (non-hydrogen) atoms. The lowest BCUT2D eigenvalue weighted by atomic mass is 9.92. The molecule has 1 aliphatic heterocycles. The molecule has 2 unspecified atom stereocenters. The number of hydrazine groups is 1. The predicted octanol–water partition coefficient (Wildman–Crippen LogP) is 2.05. The first-order chi connectivity index (χ1) is 16.2. The first kappa shape index (κ1) is 26.1. The summed E-state index contributed by atoms with van der Waals surface area (Å²) in [5.74, 6) is -0.342. The van der Waals surface area contributed by atoms with Gasteiger partial charge in [0.25, 0.3) is 0 Å². The van der Waals surface area contributed by atoms with E-state index in [0.29, 0.717) is 48.7 Å². The summed E-state index contributed by atoms with van der Waals surface area (Å²) in [5, 5.41) is 10.1. The van der Waals surface area contributed by atoms with Crippen LogP contribution in [-0.2, 0) is 16.0 Å². The van der Waals surface area contributed by atoms with Gasteiger partial charge in [-0.15, -0.1) is 0 Å². The number of anilines is 2. The fourth-order valence-corrected chi connectivity index (χ4v) is 5.13. The lowest BCUT2D eigenvalue weighted by Crippen LogP contribution is -2.41. The van der Waals surface area contributed by atoms with Gasteiger partial charge in [-0.05, 0) is 32.4 Å². The van der Waals surface area contributed by atoms with Crippen molar-refractivity contribution in [2.24, 2.45) is 17.8 Å². The van der Waals surface area contributed by atoms with Gasteiger partial charge in [-0.3, -0.25) is 25.6 Å². The maximum Gasteiger partial charge on any atom is 0.243 e. The number of hydrogen-bond donors (Lipinski definition) is 3. The van der Waals surface area contributed by atoms with Crippen molar-refractivity contribution in [1.29, 1.82) is 0 Å². The van der Waals surface area contributed by atoms with E-state index in [2.05, 4.69) is 32.6 Å². The van der Waals surface area contributed by atoms with E-state index in [1.165, 1.54) is 0 Å². The Morgan fingerprint density at radius 2 is 2.00 bits per heavy atom. The second kappa shape index (κ2) is 11.7. The van der Waals surface area contributed by atoms with Crippen molar-refractivity contribution in [3.05, 3.63) is 11.6 Å². The maximum atomic E-state index is 15.5. The van der Waals surface area contributed by atoms with E-state index < -0.39 is 17.6 Å². The van der Waals surface area contributed by atoms with Crippen molar-refractivity contribution >= 4 is 24.0 Å². The van der Waals surface area contributed by atoms with Gasteiger partial charge < -0.3 is 9.80 Å². The monoisotopic (exact) mass is 479 g/mol. The van der Waals surface area contributed by atoms with E-state index in [0.717, 1.165) is 25.7 Å². The quantitative estimate of drug-likeness (QED) is 0.251. The molecule has 0 aromatic carbocycles. The Bertz CT molecular complexity index is 850. The number of halogens is 1. The van der Waals surface area contributed by atoms with Crippen LogP contribution in [0.4, 0.5) is 16.0 Å². The number of carbonyl (C=O) groups excluding carboxylic acids is 2. The molecule has 2 heterocycles. The van der Waals surface area contributed by atoms with Crippen molar-refractivity contribution in [3.8, 4) is 0 Å². The number of carbonyl (C=O) groups is 2. The van der Waals surface area contributed by atoms with Crippen molar-refractivity contribution in [3.63, 3.8) is 0 Å². The van der Waals surface area contributed by atoms with Gasteiger partial charge >= 0.3 is 0 Å². The molecule has 3 atom stereocenters. The summed E-state index contributed by atoms with van der Waals surface area (Å²) >= 11 is 0. The fraction of sp³-hybridized carbons (Fsp3) is 0.739. The van der Waals surface area contributed by atoms with Crippen molar-refractivity contribution in [2.45, 2.75) is 58.4 Å². The Balaban J connectivity index is 1.74. The number of hydroxylamine groups is 2. The van der Waals surface area contributed by atoms with Crippen molar-refractivity contribution in [2.75, 3.05) is 44.1 Å². The number of rotatable bonds is 11. The highest BCUT2D eigenvalue weighted by atomic mass is 19.1. The number of likely N-dealkylation sites (N-methyl/N-ethyl adjacent to an activating group) is 1. The lowest BCUT2D eigenvalue weighted by molar-refractivity contribution is -0.154. The van der Waals surface area contributed by atoms with Crippen LogP contribution in [0.25, 0.3) is 0 Å². The number of nitrogens with zero attached hydrogens (tertiary/aromatic N) is 5. The molecule has 1 aromatic rings. The Labute approximate surface area is 200 Å². The second-order valence-corrected chi connectivity index (χ2v) is 9.82. The molecule has 3 rings (SSSR count). The number of aromatic nitrogens is 2. The lowest BCUT2D eigenvalue weighted by Gasteiger charge is -2.24. The van der Waals surface area contributed by atoms with E-state index in [4.69, 9.17) is 0 Å². The highest BCUT2D eigenvalue weighted by Crippen LogP contribution is 2.31. The number of amides is 2. The minimum atomic E-state index is -0.624. The molecule has 2 fully saturated rings. The van der Waals surface area contributed by atoms with Gasteiger partial charge in [0.1, 0.15) is 5.82 Å². The molecular formula is C23H38FN7O3. The van der Waals surface area contributed by atoms with Gasteiger partial charge in [-0.2, -0.15) is 4.39 Å². The zero-order chi connectivity index (χ0) is 24.8. The molecule has 11 heteroatoms. The van der Waals surface area contributed by atoms with Gasteiger partial charge in [-0.1, -0.05) is 39.5 Å². The van der Waals surface area contributed by atoms with E-state index in [1.54, 1.807) is 0 Å². The van der Waals surface area contributed by atoms with Crippen LogP contribution < -0.4 is 15.8 Å². The zero-order valence-electron chi connectivity index (χ0n) is 20.6. The van der Waals surface area contributed by atoms with Crippen LogP contribution in [0.5, 0.6) is 0 Å². The minimum absolute atomic E-state index is 0.0907. The molecule has 0 radical (unpaired) electrons. The van der Waals surface area contributed by atoms with Crippen LogP contribution >= 0.6 is 0 Å². The molecular weight excluding hydrogens is 441 g/mol. The molecule has 2 aliphatic rings. The van der Waals surface area contributed by atoms with Crippen molar-refractivity contribution in [1.82, 2.24) is 25.4 Å². The highest BCUT2D eigenvalue weighted by Gasteiger charge is 2.34. The molecule has 1 saturated carbocycles. The Morgan fingerprint density at radius 1 is 1.29 bits per heavy atom. The third kappa shape index (κ3) is 6.32. The van der Waals surface area contributed by atoms with Crippen LogP contribution in [0.2, 0.25) is 0 Å². The first-order valence-corrected chi connectivity index (χ1v) is 12.2. The Morgan fingerprint density at radius 3 is 2.59 bits per heavy atom. The van der Waals surface area contributed by atoms with E-state index in [9.17, 15) is 14.8 Å². The van der Waals surface area contributed by atoms with E-state index >= 15 is 4.39 Å². The molecule has 1 saturated heterocycles. The highest BCUT2D eigenvalue weighted by molar-refractivity contribution is 5.80. The normalized spacial score (nSPS) is 21.7. The molecule has 1 aliphatic carbocycles. The summed E-state index contributed by atoms with van der Waals surface area (Å²) in [7, 11) is 4.03.